The van der Waals surface area contributed by atoms with Crippen molar-refractivity contribution in [1.29, 1.82) is 0 Å². The van der Waals surface area contributed by atoms with Crippen molar-refractivity contribution in [2.75, 3.05) is 6.54 Å². The van der Waals surface area contributed by atoms with Crippen LogP contribution in [0.4, 0.5) is 0 Å². The molecule has 110 valence electrons. The summed E-state index contributed by atoms with van der Waals surface area (Å²) in [4.78, 5) is 23.0. The van der Waals surface area contributed by atoms with Gasteiger partial charge in [-0.3, -0.25) is 9.59 Å². The quantitative estimate of drug-likeness (QED) is 0.809. The van der Waals surface area contributed by atoms with E-state index in [9.17, 15) is 9.59 Å². The number of benzene rings is 1. The number of halogens is 1. The lowest BCUT2D eigenvalue weighted by Gasteiger charge is -2.18. The molecular formula is C15H20BrNO3. The summed E-state index contributed by atoms with van der Waals surface area (Å²) < 4.78 is 6.46. The van der Waals surface area contributed by atoms with Crippen LogP contribution in [0.1, 0.15) is 36.7 Å². The molecule has 0 radical (unpaired) electrons. The average Bonchev–Trinajstić information content (AvgIpc) is 2.38. The van der Waals surface area contributed by atoms with Crippen molar-refractivity contribution in [3.8, 4) is 5.75 Å². The van der Waals surface area contributed by atoms with Crippen LogP contribution in [-0.4, -0.2) is 24.8 Å². The van der Waals surface area contributed by atoms with Gasteiger partial charge in [0.2, 0.25) is 0 Å². The van der Waals surface area contributed by atoms with Crippen LogP contribution in [0.2, 0.25) is 0 Å². The summed E-state index contributed by atoms with van der Waals surface area (Å²) in [6, 6.07) is 3.52. The lowest BCUT2D eigenvalue weighted by atomic mass is 10.1. The molecule has 0 spiro atoms. The van der Waals surface area contributed by atoms with Gasteiger partial charge >= 0.3 is 0 Å². The smallest absolute Gasteiger partial charge is 0.260 e. The lowest BCUT2D eigenvalue weighted by Crippen LogP contribution is -2.38. The first kappa shape index (κ1) is 16.7. The third-order valence-corrected chi connectivity index (χ3v) is 3.20. The van der Waals surface area contributed by atoms with Crippen LogP contribution in [0.25, 0.3) is 0 Å². The highest BCUT2D eigenvalue weighted by molar-refractivity contribution is 9.10. The summed E-state index contributed by atoms with van der Waals surface area (Å²) in [5.74, 6) is 0.652. The molecule has 1 unspecified atom stereocenters. The average molecular weight is 342 g/mol. The van der Waals surface area contributed by atoms with Gasteiger partial charge in [0.05, 0.1) is 5.56 Å². The Morgan fingerprint density at radius 3 is 2.60 bits per heavy atom. The van der Waals surface area contributed by atoms with E-state index in [0.29, 0.717) is 23.8 Å². The number of ether oxygens (including phenoxy) is 1. The third-order valence-electron chi connectivity index (χ3n) is 2.74. The fourth-order valence-corrected chi connectivity index (χ4v) is 2.27. The summed E-state index contributed by atoms with van der Waals surface area (Å²) in [5.41, 5.74) is 1.24. The number of amides is 1. The number of aldehydes is 1. The molecule has 0 aliphatic heterocycles. The van der Waals surface area contributed by atoms with Gasteiger partial charge in [-0.2, -0.15) is 0 Å². The minimum atomic E-state index is -0.646. The van der Waals surface area contributed by atoms with Gasteiger partial charge in [0.1, 0.15) is 5.75 Å². The van der Waals surface area contributed by atoms with E-state index in [4.69, 9.17) is 4.74 Å². The topological polar surface area (TPSA) is 55.4 Å². The fraction of sp³-hybridized carbons (Fsp3) is 0.467. The number of hydrogen-bond donors (Lipinski definition) is 1. The second-order valence-electron chi connectivity index (χ2n) is 5.16. The summed E-state index contributed by atoms with van der Waals surface area (Å²) in [7, 11) is 0. The van der Waals surface area contributed by atoms with Crippen molar-refractivity contribution in [3.63, 3.8) is 0 Å². The van der Waals surface area contributed by atoms with E-state index in [0.717, 1.165) is 16.3 Å². The number of carbonyl (C=O) groups is 2. The van der Waals surface area contributed by atoms with Gasteiger partial charge in [-0.05, 0) is 37.5 Å². The van der Waals surface area contributed by atoms with Crippen LogP contribution >= 0.6 is 15.9 Å². The maximum Gasteiger partial charge on any atom is 0.260 e. The van der Waals surface area contributed by atoms with Crippen LogP contribution in [0, 0.1) is 12.8 Å². The van der Waals surface area contributed by atoms with Gasteiger partial charge in [-0.15, -0.1) is 0 Å². The Morgan fingerprint density at radius 1 is 1.40 bits per heavy atom. The molecule has 1 amide bonds. The van der Waals surface area contributed by atoms with Crippen molar-refractivity contribution in [2.45, 2.75) is 33.8 Å². The minimum absolute atomic E-state index is 0.183. The van der Waals surface area contributed by atoms with E-state index >= 15 is 0 Å². The zero-order valence-corrected chi connectivity index (χ0v) is 13.8. The van der Waals surface area contributed by atoms with Crippen LogP contribution in [0.15, 0.2) is 16.6 Å². The van der Waals surface area contributed by atoms with E-state index in [2.05, 4.69) is 21.2 Å². The molecule has 0 fully saturated rings. The SMILES string of the molecule is Cc1cc(Br)cc(C=O)c1OC(C)C(=O)NCC(C)C. The molecule has 20 heavy (non-hydrogen) atoms. The predicted octanol–water partition coefficient (Wildman–Crippen LogP) is 3.11. The molecule has 1 aromatic rings. The number of aryl methyl sites for hydroxylation is 1. The molecule has 0 bridgehead atoms. The maximum absolute atomic E-state index is 11.9. The first-order chi connectivity index (χ1) is 9.35. The molecule has 1 aromatic carbocycles. The normalized spacial score (nSPS) is 12.1. The molecule has 0 heterocycles. The zero-order chi connectivity index (χ0) is 15.3. The lowest BCUT2D eigenvalue weighted by molar-refractivity contribution is -0.127. The summed E-state index contributed by atoms with van der Waals surface area (Å²) >= 11 is 3.33. The van der Waals surface area contributed by atoms with Gasteiger partial charge in [-0.1, -0.05) is 29.8 Å². The second kappa shape index (κ2) is 7.43. The molecule has 5 heteroatoms. The molecule has 0 aliphatic rings. The van der Waals surface area contributed by atoms with Crippen molar-refractivity contribution in [2.24, 2.45) is 5.92 Å². The maximum atomic E-state index is 11.9. The Labute approximate surface area is 128 Å². The molecule has 0 saturated carbocycles. The van der Waals surface area contributed by atoms with Crippen molar-refractivity contribution < 1.29 is 14.3 Å². The summed E-state index contributed by atoms with van der Waals surface area (Å²) in [5, 5.41) is 2.81. The van der Waals surface area contributed by atoms with E-state index in [1.807, 2.05) is 26.8 Å². The summed E-state index contributed by atoms with van der Waals surface area (Å²) in [6.45, 7) is 8.16. The summed E-state index contributed by atoms with van der Waals surface area (Å²) in [6.07, 6.45) is 0.0820. The molecule has 0 saturated heterocycles. The Kier molecular flexibility index (Phi) is 6.20. The van der Waals surface area contributed by atoms with Crippen LogP contribution in [0.5, 0.6) is 5.75 Å². The molecule has 0 aliphatic carbocycles. The molecule has 1 rings (SSSR count). The van der Waals surface area contributed by atoms with Gasteiger partial charge in [-0.25, -0.2) is 0 Å². The van der Waals surface area contributed by atoms with Crippen LogP contribution < -0.4 is 10.1 Å². The Bertz CT molecular complexity index is 500. The first-order valence-electron chi connectivity index (χ1n) is 6.54. The second-order valence-corrected chi connectivity index (χ2v) is 6.07. The third kappa shape index (κ3) is 4.63. The van der Waals surface area contributed by atoms with Gasteiger partial charge in [0, 0.05) is 11.0 Å². The first-order valence-corrected chi connectivity index (χ1v) is 7.34. The Balaban J connectivity index is 2.82. The number of nitrogens with one attached hydrogen (secondary N) is 1. The molecular weight excluding hydrogens is 322 g/mol. The monoisotopic (exact) mass is 341 g/mol. The molecule has 0 aromatic heterocycles. The predicted molar refractivity (Wildman–Crippen MR) is 82.2 cm³/mol. The van der Waals surface area contributed by atoms with Gasteiger partial charge in [0.25, 0.3) is 5.91 Å². The van der Waals surface area contributed by atoms with Gasteiger partial charge in [0.15, 0.2) is 12.4 Å². The number of hydrogen-bond acceptors (Lipinski definition) is 3. The Hall–Kier alpha value is -1.36. The van der Waals surface area contributed by atoms with Crippen molar-refractivity contribution in [3.05, 3.63) is 27.7 Å². The highest BCUT2D eigenvalue weighted by Gasteiger charge is 2.18. The van der Waals surface area contributed by atoms with Crippen LogP contribution in [-0.2, 0) is 4.79 Å². The largest absolute Gasteiger partial charge is 0.480 e. The van der Waals surface area contributed by atoms with E-state index in [1.165, 1.54) is 0 Å². The number of rotatable bonds is 6. The number of carbonyl (C=O) groups excluding carboxylic acids is 2. The van der Waals surface area contributed by atoms with Crippen molar-refractivity contribution in [1.82, 2.24) is 5.32 Å². The van der Waals surface area contributed by atoms with E-state index < -0.39 is 6.10 Å². The highest BCUT2D eigenvalue weighted by Crippen LogP contribution is 2.27. The molecule has 1 N–H and O–H groups in total. The van der Waals surface area contributed by atoms with Crippen LogP contribution in [0.3, 0.4) is 0 Å². The fourth-order valence-electron chi connectivity index (χ4n) is 1.68. The molecule has 4 nitrogen and oxygen atoms in total. The standard InChI is InChI=1S/C15H20BrNO3/c1-9(2)7-17-15(19)11(4)20-14-10(3)5-13(16)6-12(14)8-18/h5-6,8-9,11H,7H2,1-4H3,(H,17,19). The van der Waals surface area contributed by atoms with Crippen molar-refractivity contribution >= 4 is 28.1 Å². The minimum Gasteiger partial charge on any atom is -0.480 e. The van der Waals surface area contributed by atoms with Gasteiger partial charge < -0.3 is 10.1 Å². The zero-order valence-electron chi connectivity index (χ0n) is 12.2. The highest BCUT2D eigenvalue weighted by atomic mass is 79.9. The Morgan fingerprint density at radius 2 is 2.05 bits per heavy atom. The van der Waals surface area contributed by atoms with E-state index in [-0.39, 0.29) is 5.91 Å². The van der Waals surface area contributed by atoms with E-state index in [1.54, 1.807) is 13.0 Å². The molecule has 1 atom stereocenters.